The first-order chi connectivity index (χ1) is 12.4. The van der Waals surface area contributed by atoms with Gasteiger partial charge in [0.25, 0.3) is 0 Å². The van der Waals surface area contributed by atoms with E-state index in [9.17, 15) is 29.7 Å². The van der Waals surface area contributed by atoms with Crippen LogP contribution in [-0.4, -0.2) is 69.9 Å². The highest BCUT2D eigenvalue weighted by molar-refractivity contribution is 5.74. The predicted octanol–water partition coefficient (Wildman–Crippen LogP) is -0.214. The molecule has 0 saturated heterocycles. The van der Waals surface area contributed by atoms with Crippen LogP contribution in [0.15, 0.2) is 0 Å². The van der Waals surface area contributed by atoms with Crippen LogP contribution in [0.2, 0.25) is 0 Å². The molecule has 156 valence electrons. The molecule has 0 aliphatic heterocycles. The number of rotatable bonds is 6. The van der Waals surface area contributed by atoms with Crippen molar-refractivity contribution >= 4 is 17.9 Å². The van der Waals surface area contributed by atoms with E-state index in [1.807, 2.05) is 0 Å². The van der Waals surface area contributed by atoms with E-state index < -0.39 is 72.3 Å². The van der Waals surface area contributed by atoms with Crippen LogP contribution in [0, 0.1) is 17.8 Å². The van der Waals surface area contributed by atoms with E-state index in [1.54, 1.807) is 41.5 Å². The van der Waals surface area contributed by atoms with Gasteiger partial charge < -0.3 is 29.5 Å². The van der Waals surface area contributed by atoms with Gasteiger partial charge >= 0.3 is 17.9 Å². The van der Waals surface area contributed by atoms with Crippen LogP contribution in [0.3, 0.4) is 0 Å². The molecule has 1 saturated carbocycles. The van der Waals surface area contributed by atoms with E-state index >= 15 is 0 Å². The third-order valence-electron chi connectivity index (χ3n) is 4.19. The molecule has 1 rings (SSSR count). The average molecular weight is 390 g/mol. The molecule has 1 aliphatic carbocycles. The third kappa shape index (κ3) is 5.63. The fourth-order valence-electron chi connectivity index (χ4n) is 2.38. The van der Waals surface area contributed by atoms with Gasteiger partial charge in [-0.05, 0) is 0 Å². The van der Waals surface area contributed by atoms with E-state index in [0.717, 1.165) is 0 Å². The fraction of sp³-hybridized carbons (Fsp3) is 0.833. The van der Waals surface area contributed by atoms with Crippen LogP contribution in [-0.2, 0) is 28.6 Å². The molecule has 0 radical (unpaired) electrons. The molecule has 6 atom stereocenters. The molecule has 9 heteroatoms. The van der Waals surface area contributed by atoms with Gasteiger partial charge in [0.2, 0.25) is 0 Å². The Labute approximate surface area is 158 Å². The molecule has 1 aliphatic rings. The molecule has 1 fully saturated rings. The first-order valence-corrected chi connectivity index (χ1v) is 9.04. The Morgan fingerprint density at radius 1 is 0.556 bits per heavy atom. The normalized spacial score (nSPS) is 31.1. The number of carbonyl (C=O) groups is 3. The van der Waals surface area contributed by atoms with Crippen molar-refractivity contribution in [3.8, 4) is 0 Å². The maximum absolute atomic E-state index is 12.1. The average Bonchev–Trinajstić information content (AvgIpc) is 2.58. The number of carbonyl (C=O) groups excluding carboxylic acids is 3. The zero-order chi connectivity index (χ0) is 21.0. The Hall–Kier alpha value is -1.71. The molecule has 0 heterocycles. The Morgan fingerprint density at radius 3 is 1.07 bits per heavy atom. The number of aliphatic hydroxyl groups is 3. The van der Waals surface area contributed by atoms with E-state index in [4.69, 9.17) is 14.2 Å². The van der Waals surface area contributed by atoms with E-state index in [1.165, 1.54) is 0 Å². The molecule has 0 bridgehead atoms. The van der Waals surface area contributed by atoms with Crippen LogP contribution in [0.25, 0.3) is 0 Å². The van der Waals surface area contributed by atoms with Crippen LogP contribution < -0.4 is 0 Å². The molecule has 0 aromatic rings. The number of hydrogen-bond acceptors (Lipinski definition) is 9. The summed E-state index contributed by atoms with van der Waals surface area (Å²) in [5, 5.41) is 30.7. The molecule has 27 heavy (non-hydrogen) atoms. The monoisotopic (exact) mass is 390 g/mol. The van der Waals surface area contributed by atoms with Gasteiger partial charge in [-0.25, -0.2) is 0 Å². The lowest BCUT2D eigenvalue weighted by molar-refractivity contribution is -0.250. The summed E-state index contributed by atoms with van der Waals surface area (Å²) in [7, 11) is 0. The van der Waals surface area contributed by atoms with E-state index in [-0.39, 0.29) is 0 Å². The van der Waals surface area contributed by atoms with Crippen LogP contribution in [0.1, 0.15) is 41.5 Å². The van der Waals surface area contributed by atoms with Gasteiger partial charge in [-0.15, -0.1) is 0 Å². The number of aliphatic hydroxyl groups excluding tert-OH is 3. The zero-order valence-corrected chi connectivity index (χ0v) is 16.5. The standard InChI is InChI=1S/C18H30O9/c1-7(2)16(22)25-13-11(20)10(19)12(21)14(26-17(23)8(3)4)15(13)27-18(24)9(5)6/h7-15,19-21H,1-6H3/t10?,11-,12-,13-,14+,15?/m1/s1. The fourth-order valence-corrected chi connectivity index (χ4v) is 2.38. The quantitative estimate of drug-likeness (QED) is 0.415. The highest BCUT2D eigenvalue weighted by Gasteiger charge is 2.55. The number of hydrogen-bond donors (Lipinski definition) is 3. The summed E-state index contributed by atoms with van der Waals surface area (Å²) in [4.78, 5) is 36.2. The molecular weight excluding hydrogens is 360 g/mol. The molecule has 2 unspecified atom stereocenters. The van der Waals surface area contributed by atoms with Gasteiger partial charge in [-0.2, -0.15) is 0 Å². The van der Waals surface area contributed by atoms with Crippen LogP contribution in [0.5, 0.6) is 0 Å². The van der Waals surface area contributed by atoms with Crippen LogP contribution in [0.4, 0.5) is 0 Å². The zero-order valence-electron chi connectivity index (χ0n) is 16.5. The summed E-state index contributed by atoms with van der Waals surface area (Å²) >= 11 is 0. The smallest absolute Gasteiger partial charge is 0.308 e. The summed E-state index contributed by atoms with van der Waals surface area (Å²) in [5.41, 5.74) is 0. The Morgan fingerprint density at radius 2 is 0.815 bits per heavy atom. The highest BCUT2D eigenvalue weighted by Crippen LogP contribution is 2.30. The highest BCUT2D eigenvalue weighted by atomic mass is 16.6. The molecule has 0 amide bonds. The van der Waals surface area contributed by atoms with Gasteiger partial charge in [-0.1, -0.05) is 41.5 Å². The summed E-state index contributed by atoms with van der Waals surface area (Å²) < 4.78 is 15.7. The van der Waals surface area contributed by atoms with Crippen molar-refractivity contribution in [2.24, 2.45) is 17.8 Å². The van der Waals surface area contributed by atoms with Crippen molar-refractivity contribution in [1.29, 1.82) is 0 Å². The van der Waals surface area contributed by atoms with E-state index in [0.29, 0.717) is 0 Å². The minimum atomic E-state index is -1.77. The van der Waals surface area contributed by atoms with Crippen LogP contribution >= 0.6 is 0 Å². The minimum absolute atomic E-state index is 0.556. The van der Waals surface area contributed by atoms with E-state index in [2.05, 4.69) is 0 Å². The molecular formula is C18H30O9. The lowest BCUT2D eigenvalue weighted by atomic mass is 9.84. The lowest BCUT2D eigenvalue weighted by Gasteiger charge is -2.44. The lowest BCUT2D eigenvalue weighted by Crippen LogP contribution is -2.67. The second-order valence-electron chi connectivity index (χ2n) is 7.64. The molecule has 3 N–H and O–H groups in total. The summed E-state index contributed by atoms with van der Waals surface area (Å²) in [6, 6.07) is 0. The predicted molar refractivity (Wildman–Crippen MR) is 92.2 cm³/mol. The molecule has 9 nitrogen and oxygen atoms in total. The summed E-state index contributed by atoms with van der Waals surface area (Å²) in [5.74, 6) is -3.79. The van der Waals surface area contributed by atoms with Crippen molar-refractivity contribution in [3.63, 3.8) is 0 Å². The van der Waals surface area contributed by atoms with Gasteiger partial charge in [0.15, 0.2) is 18.3 Å². The van der Waals surface area contributed by atoms with Crippen molar-refractivity contribution in [3.05, 3.63) is 0 Å². The Bertz CT molecular complexity index is 507. The number of esters is 3. The Kier molecular flexibility index (Phi) is 8.19. The van der Waals surface area contributed by atoms with Crippen molar-refractivity contribution in [2.75, 3.05) is 0 Å². The first-order valence-electron chi connectivity index (χ1n) is 9.04. The summed E-state index contributed by atoms with van der Waals surface area (Å²) in [6.45, 7) is 9.39. The van der Waals surface area contributed by atoms with Gasteiger partial charge in [-0.3, -0.25) is 14.4 Å². The van der Waals surface area contributed by atoms with Crippen molar-refractivity contribution in [2.45, 2.75) is 78.2 Å². The minimum Gasteiger partial charge on any atom is -0.455 e. The largest absolute Gasteiger partial charge is 0.455 e. The second-order valence-corrected chi connectivity index (χ2v) is 7.64. The van der Waals surface area contributed by atoms with Gasteiger partial charge in [0.1, 0.15) is 18.3 Å². The summed E-state index contributed by atoms with van der Waals surface area (Å²) in [6.07, 6.45) is -9.73. The first kappa shape index (κ1) is 23.3. The van der Waals surface area contributed by atoms with Crippen molar-refractivity contribution in [1.82, 2.24) is 0 Å². The molecule has 0 aromatic carbocycles. The topological polar surface area (TPSA) is 140 Å². The third-order valence-corrected chi connectivity index (χ3v) is 4.19. The second kappa shape index (κ2) is 9.48. The van der Waals surface area contributed by atoms with Crippen molar-refractivity contribution < 1.29 is 43.9 Å². The molecule has 0 spiro atoms. The maximum atomic E-state index is 12.1. The Balaban J connectivity index is 3.26. The van der Waals surface area contributed by atoms with Gasteiger partial charge in [0.05, 0.1) is 17.8 Å². The molecule has 0 aromatic heterocycles. The van der Waals surface area contributed by atoms with Gasteiger partial charge in [0, 0.05) is 0 Å². The maximum Gasteiger partial charge on any atom is 0.308 e. The number of ether oxygens (including phenoxy) is 3. The SMILES string of the molecule is CC(C)C(=O)OC1[C@@H](OC(=O)C(C)C)[C@H](O)C(O)[C@@H](O)[C@H]1OC(=O)C(C)C.